The molecule has 1 amide bonds. The van der Waals surface area contributed by atoms with E-state index in [2.05, 4.69) is 29.4 Å². The molecular formula is C18H22N4O3S. The number of aromatic nitrogens is 1. The molecule has 1 N–H and O–H groups in total. The van der Waals surface area contributed by atoms with E-state index < -0.39 is 15.9 Å². The molecule has 0 aliphatic heterocycles. The summed E-state index contributed by atoms with van der Waals surface area (Å²) in [6.45, 7) is 3.75. The summed E-state index contributed by atoms with van der Waals surface area (Å²) in [6.07, 6.45) is 5.74. The molecule has 7 nitrogen and oxygen atoms in total. The first-order valence-corrected chi connectivity index (χ1v) is 9.92. The Bertz CT molecular complexity index is 863. The summed E-state index contributed by atoms with van der Waals surface area (Å²) in [5, 5.41) is 3.83. The molecule has 1 heterocycles. The molecule has 8 heteroatoms. The van der Waals surface area contributed by atoms with E-state index in [-0.39, 0.29) is 6.54 Å². The van der Waals surface area contributed by atoms with Crippen LogP contribution in [-0.2, 0) is 14.8 Å². The number of sulfonamides is 1. The number of benzene rings is 1. The van der Waals surface area contributed by atoms with Crippen LogP contribution in [0, 0.1) is 0 Å². The van der Waals surface area contributed by atoms with Gasteiger partial charge in [0.2, 0.25) is 10.0 Å². The van der Waals surface area contributed by atoms with Crippen molar-refractivity contribution in [1.82, 2.24) is 10.4 Å². The van der Waals surface area contributed by atoms with Gasteiger partial charge in [0.15, 0.2) is 0 Å². The average Bonchev–Trinajstić information content (AvgIpc) is 2.60. The SMILES string of the molecule is CC(C)c1ccc(N(CC(=O)N/N=C\c2ccncc2)S(C)(=O)=O)cc1. The number of carbonyl (C=O) groups excluding carboxylic acids is 1. The molecule has 26 heavy (non-hydrogen) atoms. The number of nitrogens with zero attached hydrogens (tertiary/aromatic N) is 3. The van der Waals surface area contributed by atoms with Crippen LogP contribution in [0.4, 0.5) is 5.69 Å². The molecule has 1 aromatic carbocycles. The quantitative estimate of drug-likeness (QED) is 0.593. The van der Waals surface area contributed by atoms with Crippen LogP contribution in [0.15, 0.2) is 53.9 Å². The Morgan fingerprint density at radius 1 is 1.19 bits per heavy atom. The number of nitrogens with one attached hydrogen (secondary N) is 1. The molecule has 0 bridgehead atoms. The Morgan fingerprint density at radius 3 is 2.35 bits per heavy atom. The third-order valence-electron chi connectivity index (χ3n) is 3.64. The normalized spacial score (nSPS) is 11.7. The average molecular weight is 374 g/mol. The van der Waals surface area contributed by atoms with Gasteiger partial charge in [-0.1, -0.05) is 26.0 Å². The fraction of sp³-hybridized carbons (Fsp3) is 0.278. The maximum absolute atomic E-state index is 12.1. The molecule has 0 saturated carbocycles. The second-order valence-electron chi connectivity index (χ2n) is 6.09. The molecule has 1 aromatic heterocycles. The summed E-state index contributed by atoms with van der Waals surface area (Å²) in [6, 6.07) is 10.6. The number of amides is 1. The number of anilines is 1. The van der Waals surface area contributed by atoms with Gasteiger partial charge in [0, 0.05) is 12.4 Å². The molecule has 2 aromatic rings. The minimum absolute atomic E-state index is 0.335. The highest BCUT2D eigenvalue weighted by Gasteiger charge is 2.20. The lowest BCUT2D eigenvalue weighted by Crippen LogP contribution is -2.39. The van der Waals surface area contributed by atoms with E-state index in [0.29, 0.717) is 11.6 Å². The zero-order chi connectivity index (χ0) is 19.2. The van der Waals surface area contributed by atoms with Gasteiger partial charge < -0.3 is 0 Å². The largest absolute Gasteiger partial charge is 0.271 e. The van der Waals surface area contributed by atoms with Crippen LogP contribution in [-0.4, -0.2) is 38.3 Å². The second-order valence-corrected chi connectivity index (χ2v) is 8.00. The zero-order valence-corrected chi connectivity index (χ0v) is 15.8. The molecule has 0 spiro atoms. The van der Waals surface area contributed by atoms with E-state index in [4.69, 9.17) is 0 Å². The monoisotopic (exact) mass is 374 g/mol. The standard InChI is InChI=1S/C18H22N4O3S/c1-14(2)16-4-6-17(7-5-16)22(26(3,24)25)13-18(23)21-20-12-15-8-10-19-11-9-15/h4-12,14H,13H2,1-3H3,(H,21,23)/b20-12-. The lowest BCUT2D eigenvalue weighted by Gasteiger charge is -2.21. The van der Waals surface area contributed by atoms with Crippen LogP contribution in [0.3, 0.4) is 0 Å². The van der Waals surface area contributed by atoms with Crippen molar-refractivity contribution < 1.29 is 13.2 Å². The Kier molecular flexibility index (Phi) is 6.46. The van der Waals surface area contributed by atoms with E-state index in [1.807, 2.05) is 12.1 Å². The Labute approximate surface area is 153 Å². The number of hydrogen-bond donors (Lipinski definition) is 1. The predicted octanol–water partition coefficient (Wildman–Crippen LogP) is 2.12. The van der Waals surface area contributed by atoms with Gasteiger partial charge in [-0.2, -0.15) is 5.10 Å². The van der Waals surface area contributed by atoms with Crippen molar-refractivity contribution in [3.8, 4) is 0 Å². The number of pyridine rings is 1. The number of rotatable bonds is 7. The van der Waals surface area contributed by atoms with Crippen LogP contribution in [0.2, 0.25) is 0 Å². The number of hydrazone groups is 1. The van der Waals surface area contributed by atoms with E-state index >= 15 is 0 Å². The Hall–Kier alpha value is -2.74. The lowest BCUT2D eigenvalue weighted by molar-refractivity contribution is -0.119. The van der Waals surface area contributed by atoms with Gasteiger partial charge >= 0.3 is 0 Å². The van der Waals surface area contributed by atoms with Gasteiger partial charge in [-0.05, 0) is 41.3 Å². The maximum Gasteiger partial charge on any atom is 0.260 e. The summed E-state index contributed by atoms with van der Waals surface area (Å²) >= 11 is 0. The lowest BCUT2D eigenvalue weighted by atomic mass is 10.0. The van der Waals surface area contributed by atoms with Gasteiger partial charge in [-0.3, -0.25) is 14.1 Å². The highest BCUT2D eigenvalue weighted by Crippen LogP contribution is 2.21. The zero-order valence-electron chi connectivity index (χ0n) is 15.0. The minimum Gasteiger partial charge on any atom is -0.271 e. The Balaban J connectivity index is 2.08. The van der Waals surface area contributed by atoms with Gasteiger partial charge in [-0.15, -0.1) is 0 Å². The summed E-state index contributed by atoms with van der Waals surface area (Å²) < 4.78 is 25.2. The van der Waals surface area contributed by atoms with E-state index in [0.717, 1.165) is 21.7 Å². The Morgan fingerprint density at radius 2 is 1.81 bits per heavy atom. The molecule has 0 aliphatic rings. The molecular weight excluding hydrogens is 352 g/mol. The highest BCUT2D eigenvalue weighted by atomic mass is 32.2. The van der Waals surface area contributed by atoms with Crippen molar-refractivity contribution in [2.24, 2.45) is 5.10 Å². The second kappa shape index (κ2) is 8.57. The first-order valence-electron chi connectivity index (χ1n) is 8.07. The molecule has 0 fully saturated rings. The molecule has 0 saturated heterocycles. The van der Waals surface area contributed by atoms with E-state index in [9.17, 15) is 13.2 Å². The summed E-state index contributed by atoms with van der Waals surface area (Å²) in [5.41, 5.74) is 4.63. The third kappa shape index (κ3) is 5.66. The molecule has 0 unspecified atom stereocenters. The van der Waals surface area contributed by atoms with E-state index in [1.165, 1.54) is 6.21 Å². The van der Waals surface area contributed by atoms with Gasteiger partial charge in [0.05, 0.1) is 18.2 Å². The smallest absolute Gasteiger partial charge is 0.260 e. The first kappa shape index (κ1) is 19.6. The van der Waals surface area contributed by atoms with Crippen LogP contribution in [0.25, 0.3) is 0 Å². The summed E-state index contributed by atoms with van der Waals surface area (Å²) in [5.74, 6) is -0.199. The van der Waals surface area contributed by atoms with Crippen molar-refractivity contribution in [1.29, 1.82) is 0 Å². The summed E-state index contributed by atoms with van der Waals surface area (Å²) in [7, 11) is -3.61. The molecule has 2 rings (SSSR count). The van der Waals surface area contributed by atoms with Crippen LogP contribution in [0.5, 0.6) is 0 Å². The van der Waals surface area contributed by atoms with Crippen LogP contribution in [0.1, 0.15) is 30.9 Å². The maximum atomic E-state index is 12.1. The minimum atomic E-state index is -3.61. The molecule has 138 valence electrons. The fourth-order valence-electron chi connectivity index (χ4n) is 2.22. The van der Waals surface area contributed by atoms with Gasteiger partial charge in [0.25, 0.3) is 5.91 Å². The predicted molar refractivity (Wildman–Crippen MR) is 103 cm³/mol. The van der Waals surface area contributed by atoms with Gasteiger partial charge in [0.1, 0.15) is 6.54 Å². The summed E-state index contributed by atoms with van der Waals surface area (Å²) in [4.78, 5) is 16.0. The fourth-order valence-corrected chi connectivity index (χ4v) is 3.08. The first-order chi connectivity index (χ1) is 12.3. The molecule has 0 aliphatic carbocycles. The highest BCUT2D eigenvalue weighted by molar-refractivity contribution is 7.92. The van der Waals surface area contributed by atoms with Crippen molar-refractivity contribution in [3.05, 3.63) is 59.9 Å². The van der Waals surface area contributed by atoms with Crippen molar-refractivity contribution in [2.45, 2.75) is 19.8 Å². The van der Waals surface area contributed by atoms with Crippen LogP contribution < -0.4 is 9.73 Å². The van der Waals surface area contributed by atoms with Crippen LogP contribution >= 0.6 is 0 Å². The molecule has 0 atom stereocenters. The number of carbonyl (C=O) groups is 1. The topological polar surface area (TPSA) is 91.7 Å². The van der Waals surface area contributed by atoms with E-state index in [1.54, 1.807) is 36.7 Å². The molecule has 0 radical (unpaired) electrons. The third-order valence-corrected chi connectivity index (χ3v) is 4.78. The van der Waals surface area contributed by atoms with Crippen molar-refractivity contribution >= 4 is 27.8 Å². The van der Waals surface area contributed by atoms with Crippen molar-refractivity contribution in [3.63, 3.8) is 0 Å². The van der Waals surface area contributed by atoms with Crippen molar-refractivity contribution in [2.75, 3.05) is 17.1 Å². The number of hydrogen-bond acceptors (Lipinski definition) is 5. The van der Waals surface area contributed by atoms with Gasteiger partial charge in [-0.25, -0.2) is 13.8 Å².